The van der Waals surface area contributed by atoms with Gasteiger partial charge in [0, 0.05) is 45.5 Å². The molecule has 0 amide bonds. The molecule has 0 aliphatic heterocycles. The summed E-state index contributed by atoms with van der Waals surface area (Å²) in [5, 5.41) is 2.36. The van der Waals surface area contributed by atoms with Crippen LogP contribution >= 0.6 is 0 Å². The zero-order chi connectivity index (χ0) is 26.5. The number of rotatable bonds is 4. The molecule has 8 rings (SSSR count). The normalized spacial score (nSPS) is 11.5. The maximum atomic E-state index is 6.13. The summed E-state index contributed by atoms with van der Waals surface area (Å²) in [6.07, 6.45) is 3.66. The minimum absolute atomic E-state index is 0.611. The van der Waals surface area contributed by atoms with E-state index in [0.29, 0.717) is 5.89 Å². The van der Waals surface area contributed by atoms with Crippen LogP contribution in [0.15, 0.2) is 138 Å². The Bertz CT molecular complexity index is 2130. The van der Waals surface area contributed by atoms with Gasteiger partial charge >= 0.3 is 0 Å². The summed E-state index contributed by atoms with van der Waals surface area (Å²) in [4.78, 5) is 14.1. The third-order valence-electron chi connectivity index (χ3n) is 7.36. The van der Waals surface area contributed by atoms with Crippen molar-refractivity contribution in [1.82, 2.24) is 19.5 Å². The molecule has 0 aliphatic carbocycles. The van der Waals surface area contributed by atoms with E-state index in [0.717, 1.165) is 55.9 Å². The van der Waals surface area contributed by atoms with Crippen molar-refractivity contribution in [3.05, 3.63) is 134 Å². The number of pyridine rings is 2. The summed E-state index contributed by atoms with van der Waals surface area (Å²) in [7, 11) is 0. The van der Waals surface area contributed by atoms with Crippen LogP contribution in [0.4, 0.5) is 0 Å². The second kappa shape index (κ2) is 9.03. The molecule has 0 saturated carbocycles. The van der Waals surface area contributed by atoms with Crippen molar-refractivity contribution in [3.8, 4) is 39.7 Å². The van der Waals surface area contributed by atoms with Gasteiger partial charge < -0.3 is 8.98 Å². The van der Waals surface area contributed by atoms with Gasteiger partial charge in [-0.05, 0) is 66.7 Å². The highest BCUT2D eigenvalue weighted by Gasteiger charge is 2.17. The average molecular weight is 515 g/mol. The van der Waals surface area contributed by atoms with E-state index in [1.165, 1.54) is 10.8 Å². The van der Waals surface area contributed by atoms with Crippen LogP contribution in [0.25, 0.3) is 72.6 Å². The molecule has 0 N–H and O–H groups in total. The molecule has 4 heterocycles. The number of hydrogen-bond donors (Lipinski definition) is 0. The molecule has 188 valence electrons. The van der Waals surface area contributed by atoms with E-state index in [-0.39, 0.29) is 0 Å². The first-order valence-electron chi connectivity index (χ1n) is 13.2. The molecule has 0 spiro atoms. The second-order valence-electron chi connectivity index (χ2n) is 9.73. The van der Waals surface area contributed by atoms with E-state index >= 15 is 0 Å². The number of fused-ring (bicyclic) bond motifs is 4. The van der Waals surface area contributed by atoms with Crippen LogP contribution in [0, 0.1) is 0 Å². The van der Waals surface area contributed by atoms with Gasteiger partial charge in [-0.15, -0.1) is 0 Å². The SMILES string of the molecule is c1ccc(-c2ccc(-n3c4ccccc4c4ccc(-c5nc6ccccc6o5)cc43)cc2-c2ccccn2)nc1. The van der Waals surface area contributed by atoms with Crippen molar-refractivity contribution >= 4 is 32.9 Å². The predicted molar refractivity (Wildman–Crippen MR) is 160 cm³/mol. The first-order valence-corrected chi connectivity index (χ1v) is 13.2. The molecule has 0 aliphatic rings. The third kappa shape index (κ3) is 3.60. The van der Waals surface area contributed by atoms with Gasteiger partial charge in [-0.1, -0.05) is 54.6 Å². The van der Waals surface area contributed by atoms with Crippen LogP contribution in [0.3, 0.4) is 0 Å². The minimum atomic E-state index is 0.611. The maximum absolute atomic E-state index is 6.13. The Kier molecular flexibility index (Phi) is 5.07. The highest BCUT2D eigenvalue weighted by Crippen LogP contribution is 2.38. The van der Waals surface area contributed by atoms with E-state index in [9.17, 15) is 0 Å². The molecule has 0 atom stereocenters. The van der Waals surface area contributed by atoms with Gasteiger partial charge in [0.25, 0.3) is 0 Å². The van der Waals surface area contributed by atoms with Crippen molar-refractivity contribution in [2.24, 2.45) is 0 Å². The fourth-order valence-electron chi connectivity index (χ4n) is 5.53. The van der Waals surface area contributed by atoms with Crippen molar-refractivity contribution in [2.75, 3.05) is 0 Å². The molecule has 4 aromatic heterocycles. The van der Waals surface area contributed by atoms with Crippen LogP contribution in [0.1, 0.15) is 0 Å². The van der Waals surface area contributed by atoms with E-state index in [4.69, 9.17) is 14.4 Å². The van der Waals surface area contributed by atoms with Gasteiger partial charge in [0.15, 0.2) is 5.58 Å². The lowest BCUT2D eigenvalue weighted by molar-refractivity contribution is 0.620. The standard InChI is InChI=1S/C35H22N4O/c1-3-13-32-26(9-1)27-17-15-23(35-38-31-12-2-4-14-34(31)40-35)21-33(27)39(32)24-16-18-25(29-10-5-7-19-36-29)28(22-24)30-11-6-8-20-37-30/h1-22H. The number of para-hydroxylation sites is 3. The van der Waals surface area contributed by atoms with Gasteiger partial charge in [0.2, 0.25) is 5.89 Å². The first kappa shape index (κ1) is 22.4. The van der Waals surface area contributed by atoms with E-state index in [1.54, 1.807) is 0 Å². The Morgan fingerprint density at radius 3 is 2.08 bits per heavy atom. The molecular weight excluding hydrogens is 492 g/mol. The number of benzene rings is 4. The molecule has 0 bridgehead atoms. The van der Waals surface area contributed by atoms with Gasteiger partial charge in [0.05, 0.1) is 22.4 Å². The van der Waals surface area contributed by atoms with E-state index < -0.39 is 0 Å². The minimum Gasteiger partial charge on any atom is -0.436 e. The molecule has 5 heteroatoms. The highest BCUT2D eigenvalue weighted by atomic mass is 16.3. The van der Waals surface area contributed by atoms with Gasteiger partial charge in [-0.3, -0.25) is 9.97 Å². The largest absolute Gasteiger partial charge is 0.436 e. The van der Waals surface area contributed by atoms with Crippen LogP contribution in [0.5, 0.6) is 0 Å². The molecule has 0 saturated heterocycles. The highest BCUT2D eigenvalue weighted by molar-refractivity contribution is 6.10. The molecule has 0 unspecified atom stereocenters. The number of hydrogen-bond acceptors (Lipinski definition) is 4. The van der Waals surface area contributed by atoms with Crippen LogP contribution < -0.4 is 0 Å². The Labute approximate surface area is 230 Å². The Hall–Kier alpha value is -5.55. The summed E-state index contributed by atoms with van der Waals surface area (Å²) in [5.41, 5.74) is 9.70. The lowest BCUT2D eigenvalue weighted by Crippen LogP contribution is -1.97. The van der Waals surface area contributed by atoms with Crippen molar-refractivity contribution < 1.29 is 4.42 Å². The quantitative estimate of drug-likeness (QED) is 0.236. The third-order valence-corrected chi connectivity index (χ3v) is 7.36. The van der Waals surface area contributed by atoms with Crippen LogP contribution in [-0.2, 0) is 0 Å². The first-order chi connectivity index (χ1) is 19.8. The second-order valence-corrected chi connectivity index (χ2v) is 9.73. The number of oxazole rings is 1. The molecule has 40 heavy (non-hydrogen) atoms. The van der Waals surface area contributed by atoms with Gasteiger partial charge in [-0.2, -0.15) is 0 Å². The molecule has 5 nitrogen and oxygen atoms in total. The summed E-state index contributed by atoms with van der Waals surface area (Å²) in [5.74, 6) is 0.611. The van der Waals surface area contributed by atoms with Crippen LogP contribution in [-0.4, -0.2) is 19.5 Å². The lowest BCUT2D eigenvalue weighted by atomic mass is 9.99. The van der Waals surface area contributed by atoms with Crippen LogP contribution in [0.2, 0.25) is 0 Å². The average Bonchev–Trinajstić information content (AvgIpc) is 3.61. The molecule has 4 aromatic carbocycles. The lowest BCUT2D eigenvalue weighted by Gasteiger charge is -2.14. The zero-order valence-electron chi connectivity index (χ0n) is 21.4. The zero-order valence-corrected chi connectivity index (χ0v) is 21.4. The number of nitrogens with zero attached hydrogens (tertiary/aromatic N) is 4. The Balaban J connectivity index is 1.39. The summed E-state index contributed by atoms with van der Waals surface area (Å²) in [6, 6.07) is 41.3. The van der Waals surface area contributed by atoms with Crippen molar-refractivity contribution in [3.63, 3.8) is 0 Å². The van der Waals surface area contributed by atoms with Crippen molar-refractivity contribution in [2.45, 2.75) is 0 Å². The molecule has 8 aromatic rings. The van der Waals surface area contributed by atoms with Crippen molar-refractivity contribution in [1.29, 1.82) is 0 Å². The van der Waals surface area contributed by atoms with E-state index in [1.807, 2.05) is 73.1 Å². The van der Waals surface area contributed by atoms with E-state index in [2.05, 4.69) is 70.2 Å². The van der Waals surface area contributed by atoms with Gasteiger partial charge in [-0.25, -0.2) is 4.98 Å². The predicted octanol–water partition coefficient (Wildman–Crippen LogP) is 8.72. The van der Waals surface area contributed by atoms with Gasteiger partial charge in [0.1, 0.15) is 5.52 Å². The maximum Gasteiger partial charge on any atom is 0.227 e. The fraction of sp³-hybridized carbons (Fsp3) is 0. The molecular formula is C35H22N4O. The Morgan fingerprint density at radius 1 is 0.550 bits per heavy atom. The molecule has 0 radical (unpaired) electrons. The summed E-state index contributed by atoms with van der Waals surface area (Å²) >= 11 is 0. The fourth-order valence-corrected chi connectivity index (χ4v) is 5.53. The Morgan fingerprint density at radius 2 is 1.27 bits per heavy atom. The monoisotopic (exact) mass is 514 g/mol. The molecule has 0 fully saturated rings. The summed E-state index contributed by atoms with van der Waals surface area (Å²) < 4.78 is 8.44. The topological polar surface area (TPSA) is 56.7 Å². The number of aromatic nitrogens is 4. The smallest absolute Gasteiger partial charge is 0.227 e. The summed E-state index contributed by atoms with van der Waals surface area (Å²) in [6.45, 7) is 0.